The maximum Gasteiger partial charge on any atom is 0.278 e. The lowest BCUT2D eigenvalue weighted by molar-refractivity contribution is -0.0295. The lowest BCUT2D eigenvalue weighted by Crippen LogP contribution is -2.30. The van der Waals surface area contributed by atoms with Crippen LogP contribution in [0.2, 0.25) is 0 Å². The third kappa shape index (κ3) is 4.47. The zero-order valence-electron chi connectivity index (χ0n) is 15.3. The average molecular weight is 450 g/mol. The number of fused-ring (bicyclic) bond motifs is 1. The molecule has 1 amide bonds. The molecular weight excluding hydrogens is 430 g/mol. The minimum atomic E-state index is -1.08. The predicted octanol–water partition coefficient (Wildman–Crippen LogP) is 1.87. The van der Waals surface area contributed by atoms with Crippen molar-refractivity contribution >= 4 is 38.9 Å². The van der Waals surface area contributed by atoms with Gasteiger partial charge in [-0.15, -0.1) is 10.2 Å². The fourth-order valence-corrected chi connectivity index (χ4v) is 3.03. The first-order chi connectivity index (χ1) is 13.4. The van der Waals surface area contributed by atoms with Crippen LogP contribution in [0.25, 0.3) is 5.65 Å². The van der Waals surface area contributed by atoms with Crippen LogP contribution in [-0.2, 0) is 4.84 Å². The number of hydrogen-bond donors (Lipinski definition) is 4. The molecule has 0 aliphatic rings. The van der Waals surface area contributed by atoms with Gasteiger partial charge in [0.25, 0.3) is 5.91 Å². The summed E-state index contributed by atoms with van der Waals surface area (Å²) in [4.78, 5) is 17.6. The Kier molecular flexibility index (Phi) is 6.25. The van der Waals surface area contributed by atoms with Crippen LogP contribution in [0.1, 0.15) is 21.7 Å². The van der Waals surface area contributed by atoms with E-state index in [9.17, 15) is 9.90 Å². The number of amides is 1. The molecule has 1 atom stereocenters. The number of benzene rings is 1. The maximum atomic E-state index is 12.7. The van der Waals surface area contributed by atoms with Gasteiger partial charge in [0.05, 0.1) is 17.9 Å². The first-order valence-corrected chi connectivity index (χ1v) is 9.28. The van der Waals surface area contributed by atoms with Crippen LogP contribution in [0.15, 0.2) is 34.9 Å². The molecule has 148 valence electrons. The summed E-state index contributed by atoms with van der Waals surface area (Å²) in [5, 5.41) is 29.5. The summed E-state index contributed by atoms with van der Waals surface area (Å²) in [6.07, 6.45) is 0.536. The number of nitrogens with one attached hydrogen (secondary N) is 2. The van der Waals surface area contributed by atoms with Gasteiger partial charge < -0.3 is 15.5 Å². The van der Waals surface area contributed by atoms with E-state index in [0.717, 1.165) is 15.7 Å². The Balaban J connectivity index is 1.93. The molecule has 10 heteroatoms. The normalized spacial score (nSPS) is 12.2. The highest BCUT2D eigenvalue weighted by atomic mass is 79.9. The maximum absolute atomic E-state index is 12.7. The van der Waals surface area contributed by atoms with Gasteiger partial charge in [0, 0.05) is 22.4 Å². The Morgan fingerprint density at radius 1 is 1.29 bits per heavy atom. The number of aromatic nitrogens is 3. The van der Waals surface area contributed by atoms with Gasteiger partial charge in [0.15, 0.2) is 5.65 Å². The topological polar surface area (TPSA) is 121 Å². The number of aliphatic hydroxyl groups excluding tert-OH is 2. The second-order valence-corrected chi connectivity index (χ2v) is 7.15. The summed E-state index contributed by atoms with van der Waals surface area (Å²) in [5.74, 6) is 0.115. The highest BCUT2D eigenvalue weighted by molar-refractivity contribution is 9.10. The second kappa shape index (κ2) is 8.65. The molecule has 0 fully saturated rings. The second-order valence-electron chi connectivity index (χ2n) is 6.24. The largest absolute Gasteiger partial charge is 0.394 e. The molecule has 0 unspecified atom stereocenters. The lowest BCUT2D eigenvalue weighted by atomic mass is 10.1. The summed E-state index contributed by atoms with van der Waals surface area (Å²) in [5.41, 5.74) is 5.50. The molecule has 2 aromatic heterocycles. The van der Waals surface area contributed by atoms with Crippen LogP contribution < -0.4 is 10.8 Å². The third-order valence-corrected chi connectivity index (χ3v) is 4.56. The molecule has 0 bridgehead atoms. The number of hydrogen-bond acceptors (Lipinski definition) is 7. The number of anilines is 2. The Bertz CT molecular complexity index is 1010. The van der Waals surface area contributed by atoms with Crippen LogP contribution >= 0.6 is 15.9 Å². The Morgan fingerprint density at radius 3 is 2.79 bits per heavy atom. The van der Waals surface area contributed by atoms with Gasteiger partial charge >= 0.3 is 0 Å². The summed E-state index contributed by atoms with van der Waals surface area (Å²) in [7, 11) is 0. The highest BCUT2D eigenvalue weighted by Gasteiger charge is 2.17. The first kappa shape index (κ1) is 20.2. The van der Waals surface area contributed by atoms with Crippen LogP contribution in [0.3, 0.4) is 0 Å². The summed E-state index contributed by atoms with van der Waals surface area (Å²) in [6.45, 7) is 3.04. The molecule has 0 radical (unpaired) electrons. The summed E-state index contributed by atoms with van der Waals surface area (Å²) >= 11 is 3.43. The van der Waals surface area contributed by atoms with Crippen molar-refractivity contribution in [3.05, 3.63) is 51.9 Å². The van der Waals surface area contributed by atoms with Gasteiger partial charge in [-0.25, -0.2) is 5.48 Å². The third-order valence-electron chi connectivity index (χ3n) is 4.07. The van der Waals surface area contributed by atoms with Crippen molar-refractivity contribution in [2.75, 3.05) is 18.5 Å². The minimum absolute atomic E-state index is 0.231. The van der Waals surface area contributed by atoms with E-state index in [1.807, 2.05) is 25.1 Å². The lowest BCUT2D eigenvalue weighted by Gasteiger charge is -2.15. The molecule has 9 nitrogen and oxygen atoms in total. The Morgan fingerprint density at radius 2 is 2.07 bits per heavy atom. The number of halogens is 1. The molecule has 1 aromatic carbocycles. The molecule has 0 saturated carbocycles. The number of rotatable bonds is 7. The van der Waals surface area contributed by atoms with E-state index in [-0.39, 0.29) is 6.61 Å². The van der Waals surface area contributed by atoms with E-state index in [1.165, 1.54) is 0 Å². The fourth-order valence-electron chi connectivity index (χ4n) is 2.56. The molecule has 28 heavy (non-hydrogen) atoms. The number of nitrogens with zero attached hydrogens (tertiary/aromatic N) is 3. The van der Waals surface area contributed by atoms with Gasteiger partial charge in [-0.3, -0.25) is 14.0 Å². The van der Waals surface area contributed by atoms with Crippen molar-refractivity contribution in [3.8, 4) is 0 Å². The van der Waals surface area contributed by atoms with Crippen LogP contribution in [0, 0.1) is 13.8 Å². The minimum Gasteiger partial charge on any atom is -0.394 e. The van der Waals surface area contributed by atoms with E-state index < -0.39 is 18.6 Å². The van der Waals surface area contributed by atoms with Gasteiger partial charge in [-0.05, 0) is 37.6 Å². The van der Waals surface area contributed by atoms with Gasteiger partial charge in [-0.2, -0.15) is 0 Å². The number of aliphatic hydroxyl groups is 2. The summed E-state index contributed by atoms with van der Waals surface area (Å²) < 4.78 is 2.64. The van der Waals surface area contributed by atoms with Gasteiger partial charge in [0.1, 0.15) is 18.5 Å². The quantitative estimate of drug-likeness (QED) is 0.406. The van der Waals surface area contributed by atoms with E-state index in [4.69, 9.17) is 9.94 Å². The van der Waals surface area contributed by atoms with Crippen molar-refractivity contribution in [2.45, 2.75) is 20.0 Å². The summed E-state index contributed by atoms with van der Waals surface area (Å²) in [6, 6.07) is 7.48. The Labute approximate surface area is 169 Å². The number of pyridine rings is 1. The zero-order chi connectivity index (χ0) is 20.3. The molecule has 0 aliphatic heterocycles. The number of carbonyl (C=O) groups excluding carboxylic acids is 1. The van der Waals surface area contributed by atoms with Crippen LogP contribution in [0.5, 0.6) is 0 Å². The zero-order valence-corrected chi connectivity index (χ0v) is 16.9. The predicted molar refractivity (Wildman–Crippen MR) is 106 cm³/mol. The molecule has 3 rings (SSSR count). The SMILES string of the molecule is Cc1cc(Br)ccc1Nc1cc2nnc(C)n2cc1C(=O)NOC[C@@H](O)CO. The molecule has 0 spiro atoms. The molecule has 2 heterocycles. The van der Waals surface area contributed by atoms with Crippen molar-refractivity contribution < 1.29 is 19.8 Å². The monoisotopic (exact) mass is 449 g/mol. The van der Waals surface area contributed by atoms with Crippen LogP contribution in [-0.4, -0.2) is 50.0 Å². The number of carbonyl (C=O) groups is 1. The fraction of sp³-hybridized carbons (Fsp3) is 0.278. The highest BCUT2D eigenvalue weighted by Crippen LogP contribution is 2.27. The van der Waals surface area contributed by atoms with Gasteiger partial charge in [-0.1, -0.05) is 15.9 Å². The first-order valence-electron chi connectivity index (χ1n) is 8.48. The van der Waals surface area contributed by atoms with Crippen LogP contribution in [0.4, 0.5) is 11.4 Å². The Hall–Kier alpha value is -2.53. The van der Waals surface area contributed by atoms with E-state index in [0.29, 0.717) is 22.7 Å². The van der Waals surface area contributed by atoms with Crippen molar-refractivity contribution in [2.24, 2.45) is 0 Å². The van der Waals surface area contributed by atoms with E-state index in [2.05, 4.69) is 36.9 Å². The standard InChI is InChI=1S/C18H20BrN5O4/c1-10-5-12(19)3-4-15(10)20-16-6-17-22-21-11(2)24(17)7-14(16)18(27)23-28-9-13(26)8-25/h3-7,13,20,25-26H,8-9H2,1-2H3,(H,23,27)/t13-/m0/s1. The van der Waals surface area contributed by atoms with E-state index in [1.54, 1.807) is 23.6 Å². The molecule has 3 aromatic rings. The van der Waals surface area contributed by atoms with Gasteiger partial charge in [0.2, 0.25) is 0 Å². The molecular formula is C18H20BrN5O4. The van der Waals surface area contributed by atoms with Crippen molar-refractivity contribution in [1.82, 2.24) is 20.1 Å². The smallest absolute Gasteiger partial charge is 0.278 e. The van der Waals surface area contributed by atoms with Crippen molar-refractivity contribution in [3.63, 3.8) is 0 Å². The number of hydroxylamine groups is 1. The number of aryl methyl sites for hydroxylation is 2. The van der Waals surface area contributed by atoms with Crippen molar-refractivity contribution in [1.29, 1.82) is 0 Å². The molecule has 0 saturated heterocycles. The average Bonchev–Trinajstić information content (AvgIpc) is 3.03. The van der Waals surface area contributed by atoms with E-state index >= 15 is 0 Å². The molecule has 0 aliphatic carbocycles. The molecule has 4 N–H and O–H groups in total.